The molecule has 0 bridgehead atoms. The van der Waals surface area contributed by atoms with Crippen LogP contribution in [0.5, 0.6) is 0 Å². The Morgan fingerprint density at radius 1 is 1.24 bits per heavy atom. The first-order valence-corrected chi connectivity index (χ1v) is 7.27. The third-order valence-electron chi connectivity index (χ3n) is 3.66. The van der Waals surface area contributed by atoms with Crippen molar-refractivity contribution in [3.63, 3.8) is 0 Å². The Morgan fingerprint density at radius 2 is 1.76 bits per heavy atom. The Morgan fingerprint density at radius 3 is 2.19 bits per heavy atom. The van der Waals surface area contributed by atoms with Crippen molar-refractivity contribution in [3.05, 3.63) is 32.3 Å². The lowest BCUT2D eigenvalue weighted by atomic mass is 9.86. The average molecular weight is 333 g/mol. The molecule has 2 rings (SSSR count). The van der Waals surface area contributed by atoms with Gasteiger partial charge in [-0.05, 0) is 25.7 Å². The summed E-state index contributed by atoms with van der Waals surface area (Å²) in [7, 11) is 0. The monoisotopic (exact) mass is 332 g/mol. The standard InChI is InChI=1S/C13H14Cl2N2O4/c14-10-5-9(17(20)21)6-11(15)12(10)16-8-3-1-7(2-4-8)13(18)19/h5-8,16H,1-4H2,(H,18,19). The molecule has 0 spiro atoms. The number of aliphatic carboxylic acids is 1. The summed E-state index contributed by atoms with van der Waals surface area (Å²) >= 11 is 12.1. The van der Waals surface area contributed by atoms with Gasteiger partial charge in [0.1, 0.15) is 0 Å². The number of carboxylic acids is 1. The highest BCUT2D eigenvalue weighted by Gasteiger charge is 2.27. The molecule has 1 aromatic rings. The summed E-state index contributed by atoms with van der Waals surface area (Å²) in [4.78, 5) is 21.1. The molecule has 8 heteroatoms. The molecule has 0 saturated heterocycles. The summed E-state index contributed by atoms with van der Waals surface area (Å²) in [5.74, 6) is -1.06. The lowest BCUT2D eigenvalue weighted by molar-refractivity contribution is -0.384. The number of rotatable bonds is 4. The van der Waals surface area contributed by atoms with Crippen molar-refractivity contribution in [1.29, 1.82) is 0 Å². The number of non-ortho nitro benzene ring substituents is 1. The number of hydrogen-bond donors (Lipinski definition) is 2. The highest BCUT2D eigenvalue weighted by Crippen LogP contribution is 2.37. The molecule has 114 valence electrons. The second kappa shape index (κ2) is 6.49. The van der Waals surface area contributed by atoms with Crippen molar-refractivity contribution in [2.24, 2.45) is 5.92 Å². The van der Waals surface area contributed by atoms with Crippen molar-refractivity contribution in [2.75, 3.05) is 5.32 Å². The van der Waals surface area contributed by atoms with Gasteiger partial charge in [0.05, 0.1) is 26.6 Å². The van der Waals surface area contributed by atoms with E-state index in [2.05, 4.69) is 5.32 Å². The zero-order valence-corrected chi connectivity index (χ0v) is 12.5. The second-order valence-corrected chi connectivity index (χ2v) is 5.89. The summed E-state index contributed by atoms with van der Waals surface area (Å²) in [6, 6.07) is 2.56. The van der Waals surface area contributed by atoms with Crippen LogP contribution in [0.1, 0.15) is 25.7 Å². The van der Waals surface area contributed by atoms with E-state index in [9.17, 15) is 14.9 Å². The maximum Gasteiger partial charge on any atom is 0.306 e. The minimum absolute atomic E-state index is 0.0667. The topological polar surface area (TPSA) is 92.5 Å². The third kappa shape index (κ3) is 3.77. The first-order valence-electron chi connectivity index (χ1n) is 6.51. The van der Waals surface area contributed by atoms with Crippen LogP contribution in [-0.4, -0.2) is 22.0 Å². The average Bonchev–Trinajstić information content (AvgIpc) is 2.43. The fourth-order valence-electron chi connectivity index (χ4n) is 2.49. The van der Waals surface area contributed by atoms with Gasteiger partial charge in [0.25, 0.3) is 5.69 Å². The SMILES string of the molecule is O=C(O)C1CCC(Nc2c(Cl)cc([N+](=O)[O-])cc2Cl)CC1. The molecule has 0 aliphatic heterocycles. The van der Waals surface area contributed by atoms with Gasteiger partial charge in [-0.1, -0.05) is 23.2 Å². The number of halogens is 2. The van der Waals surface area contributed by atoms with Crippen LogP contribution in [-0.2, 0) is 4.79 Å². The predicted molar refractivity (Wildman–Crippen MR) is 80.1 cm³/mol. The molecule has 21 heavy (non-hydrogen) atoms. The van der Waals surface area contributed by atoms with Crippen LogP contribution >= 0.6 is 23.2 Å². The van der Waals surface area contributed by atoms with E-state index in [1.54, 1.807) is 0 Å². The van der Waals surface area contributed by atoms with Crippen molar-refractivity contribution in [2.45, 2.75) is 31.7 Å². The normalized spacial score (nSPS) is 21.8. The Balaban J connectivity index is 2.07. The van der Waals surface area contributed by atoms with Gasteiger partial charge < -0.3 is 10.4 Å². The molecule has 1 aromatic carbocycles. The summed E-state index contributed by atoms with van der Waals surface area (Å²) in [6.45, 7) is 0. The molecule has 1 aliphatic carbocycles. The van der Waals surface area contributed by atoms with E-state index in [4.69, 9.17) is 28.3 Å². The number of nitrogens with one attached hydrogen (secondary N) is 1. The lowest BCUT2D eigenvalue weighted by Crippen LogP contribution is -2.29. The molecule has 1 aliphatic rings. The smallest absolute Gasteiger partial charge is 0.306 e. The lowest BCUT2D eigenvalue weighted by Gasteiger charge is -2.28. The highest BCUT2D eigenvalue weighted by molar-refractivity contribution is 6.39. The summed E-state index contributed by atoms with van der Waals surface area (Å²) in [6.07, 6.45) is 2.58. The number of nitro groups is 1. The van der Waals surface area contributed by atoms with Gasteiger partial charge >= 0.3 is 5.97 Å². The van der Waals surface area contributed by atoms with Gasteiger partial charge in [-0.15, -0.1) is 0 Å². The fourth-order valence-corrected chi connectivity index (χ4v) is 3.08. The van der Waals surface area contributed by atoms with Gasteiger partial charge in [-0.25, -0.2) is 0 Å². The van der Waals surface area contributed by atoms with E-state index in [1.807, 2.05) is 0 Å². The number of carbonyl (C=O) groups is 1. The van der Waals surface area contributed by atoms with Gasteiger partial charge in [0.2, 0.25) is 0 Å². The van der Waals surface area contributed by atoms with Crippen molar-refractivity contribution < 1.29 is 14.8 Å². The van der Waals surface area contributed by atoms with Crippen molar-refractivity contribution in [1.82, 2.24) is 0 Å². The van der Waals surface area contributed by atoms with Gasteiger partial charge in [-0.2, -0.15) is 0 Å². The maximum absolute atomic E-state index is 10.9. The summed E-state index contributed by atoms with van der Waals surface area (Å²) < 4.78 is 0. The highest BCUT2D eigenvalue weighted by atomic mass is 35.5. The summed E-state index contributed by atoms with van der Waals surface area (Å²) in [5.41, 5.74) is 0.299. The number of nitrogens with zero attached hydrogens (tertiary/aromatic N) is 1. The van der Waals surface area contributed by atoms with Crippen LogP contribution in [0.4, 0.5) is 11.4 Å². The number of carboxylic acid groups (broad SMARTS) is 1. The number of anilines is 1. The van der Waals surface area contributed by atoms with Crippen molar-refractivity contribution >= 4 is 40.5 Å². The number of benzene rings is 1. The molecule has 1 fully saturated rings. The first-order chi connectivity index (χ1) is 9.88. The minimum atomic E-state index is -0.764. The largest absolute Gasteiger partial charge is 0.481 e. The molecule has 0 unspecified atom stereocenters. The van der Waals surface area contributed by atoms with Crippen LogP contribution < -0.4 is 5.32 Å². The molecular formula is C13H14Cl2N2O4. The van der Waals surface area contributed by atoms with E-state index >= 15 is 0 Å². The Labute approximate surface area is 131 Å². The van der Waals surface area contributed by atoms with Gasteiger partial charge in [0.15, 0.2) is 0 Å². The molecule has 0 amide bonds. The van der Waals surface area contributed by atoms with Crippen LogP contribution in [0.3, 0.4) is 0 Å². The zero-order valence-electron chi connectivity index (χ0n) is 11.0. The number of hydrogen-bond acceptors (Lipinski definition) is 4. The molecule has 1 saturated carbocycles. The Hall–Kier alpha value is -1.53. The molecular weight excluding hydrogens is 319 g/mol. The molecule has 0 atom stereocenters. The van der Waals surface area contributed by atoms with Gasteiger partial charge in [0, 0.05) is 18.2 Å². The maximum atomic E-state index is 10.9. The van der Waals surface area contributed by atoms with E-state index in [1.165, 1.54) is 12.1 Å². The zero-order chi connectivity index (χ0) is 15.6. The third-order valence-corrected chi connectivity index (χ3v) is 4.26. The molecule has 0 aromatic heterocycles. The molecule has 2 N–H and O–H groups in total. The fraction of sp³-hybridized carbons (Fsp3) is 0.462. The predicted octanol–water partition coefficient (Wildman–Crippen LogP) is 3.96. The van der Waals surface area contributed by atoms with Crippen molar-refractivity contribution in [3.8, 4) is 0 Å². The quantitative estimate of drug-likeness (QED) is 0.643. The van der Waals surface area contributed by atoms with Crippen LogP contribution in [0.15, 0.2) is 12.1 Å². The first kappa shape index (κ1) is 15.9. The van der Waals surface area contributed by atoms with Gasteiger partial charge in [-0.3, -0.25) is 14.9 Å². The van der Waals surface area contributed by atoms with E-state index < -0.39 is 10.9 Å². The Bertz CT molecular complexity index is 548. The van der Waals surface area contributed by atoms with E-state index in [0.29, 0.717) is 31.4 Å². The second-order valence-electron chi connectivity index (χ2n) is 5.07. The molecule has 0 heterocycles. The Kier molecular flexibility index (Phi) is 4.90. The van der Waals surface area contributed by atoms with E-state index in [-0.39, 0.29) is 27.7 Å². The molecule has 6 nitrogen and oxygen atoms in total. The summed E-state index contributed by atoms with van der Waals surface area (Å²) in [5, 5.41) is 23.2. The number of nitro benzene ring substituents is 1. The minimum Gasteiger partial charge on any atom is -0.481 e. The van der Waals surface area contributed by atoms with E-state index in [0.717, 1.165) is 0 Å². The molecule has 0 radical (unpaired) electrons. The van der Waals surface area contributed by atoms with Crippen LogP contribution in [0, 0.1) is 16.0 Å². The van der Waals surface area contributed by atoms with Crippen LogP contribution in [0.2, 0.25) is 10.0 Å². The van der Waals surface area contributed by atoms with Crippen LogP contribution in [0.25, 0.3) is 0 Å².